The van der Waals surface area contributed by atoms with Crippen LogP contribution in [0.4, 0.5) is 5.69 Å². The number of aromatic nitrogens is 2. The van der Waals surface area contributed by atoms with Crippen LogP contribution in [0, 0.1) is 6.92 Å². The number of nitrogens with zero attached hydrogens (tertiary/aromatic N) is 1. The predicted octanol–water partition coefficient (Wildman–Crippen LogP) is 1.48. The zero-order chi connectivity index (χ0) is 9.97. The van der Waals surface area contributed by atoms with Gasteiger partial charge in [0.15, 0.2) is 0 Å². The average molecular weight is 189 g/mol. The molecule has 2 aromatic rings. The van der Waals surface area contributed by atoms with Crippen LogP contribution in [0.5, 0.6) is 0 Å². The highest BCUT2D eigenvalue weighted by atomic mass is 16.1. The van der Waals surface area contributed by atoms with E-state index in [1.54, 1.807) is 0 Å². The summed E-state index contributed by atoms with van der Waals surface area (Å²) in [6, 6.07) is 5.77. The SMILES string of the molecule is Cc1nc2ccc(NCC=O)cc2[nH]1. The minimum absolute atomic E-state index is 0.332. The Kier molecular flexibility index (Phi) is 2.18. The second-order valence-electron chi connectivity index (χ2n) is 3.10. The number of anilines is 1. The second kappa shape index (κ2) is 3.49. The fourth-order valence-corrected chi connectivity index (χ4v) is 1.41. The van der Waals surface area contributed by atoms with Crippen molar-refractivity contribution in [2.75, 3.05) is 11.9 Å². The number of hydrogen-bond acceptors (Lipinski definition) is 3. The Morgan fingerprint density at radius 1 is 1.57 bits per heavy atom. The van der Waals surface area contributed by atoms with E-state index in [1.165, 1.54) is 0 Å². The summed E-state index contributed by atoms with van der Waals surface area (Å²) in [7, 11) is 0. The van der Waals surface area contributed by atoms with Gasteiger partial charge in [-0.3, -0.25) is 0 Å². The summed E-state index contributed by atoms with van der Waals surface area (Å²) in [6.45, 7) is 2.25. The van der Waals surface area contributed by atoms with E-state index in [4.69, 9.17) is 0 Å². The van der Waals surface area contributed by atoms with Gasteiger partial charge in [0.25, 0.3) is 0 Å². The van der Waals surface area contributed by atoms with Crippen molar-refractivity contribution < 1.29 is 4.79 Å². The van der Waals surface area contributed by atoms with E-state index in [0.717, 1.165) is 28.8 Å². The number of aldehydes is 1. The zero-order valence-electron chi connectivity index (χ0n) is 7.87. The van der Waals surface area contributed by atoms with Crippen LogP contribution in [0.1, 0.15) is 5.82 Å². The summed E-state index contributed by atoms with van der Waals surface area (Å²) in [4.78, 5) is 17.6. The minimum atomic E-state index is 0.332. The van der Waals surface area contributed by atoms with Crippen molar-refractivity contribution in [3.63, 3.8) is 0 Å². The summed E-state index contributed by atoms with van der Waals surface area (Å²) in [5, 5.41) is 2.98. The normalized spacial score (nSPS) is 10.4. The molecule has 0 amide bonds. The molecule has 0 aliphatic carbocycles. The van der Waals surface area contributed by atoms with Gasteiger partial charge >= 0.3 is 0 Å². The predicted molar refractivity (Wildman–Crippen MR) is 55.4 cm³/mol. The van der Waals surface area contributed by atoms with Crippen LogP contribution in [0.3, 0.4) is 0 Å². The largest absolute Gasteiger partial charge is 0.378 e. The van der Waals surface area contributed by atoms with Gasteiger partial charge in [0, 0.05) is 5.69 Å². The highest BCUT2D eigenvalue weighted by molar-refractivity contribution is 5.79. The molecule has 0 fully saturated rings. The summed E-state index contributed by atoms with van der Waals surface area (Å²) < 4.78 is 0. The Morgan fingerprint density at radius 2 is 2.43 bits per heavy atom. The zero-order valence-corrected chi connectivity index (χ0v) is 7.87. The third-order valence-electron chi connectivity index (χ3n) is 1.99. The number of imidazole rings is 1. The fraction of sp³-hybridized carbons (Fsp3) is 0.200. The number of benzene rings is 1. The van der Waals surface area contributed by atoms with E-state index in [0.29, 0.717) is 6.54 Å². The third kappa shape index (κ3) is 1.59. The monoisotopic (exact) mass is 189 g/mol. The molecule has 0 aliphatic heterocycles. The highest BCUT2D eigenvalue weighted by Crippen LogP contribution is 2.16. The van der Waals surface area contributed by atoms with Crippen molar-refractivity contribution >= 4 is 23.0 Å². The van der Waals surface area contributed by atoms with E-state index < -0.39 is 0 Å². The van der Waals surface area contributed by atoms with E-state index in [-0.39, 0.29) is 0 Å². The molecule has 1 aromatic heterocycles. The minimum Gasteiger partial charge on any atom is -0.378 e. The van der Waals surface area contributed by atoms with Gasteiger partial charge in [-0.05, 0) is 25.1 Å². The van der Waals surface area contributed by atoms with Gasteiger partial charge in [-0.15, -0.1) is 0 Å². The molecular weight excluding hydrogens is 178 g/mol. The van der Waals surface area contributed by atoms with Gasteiger partial charge < -0.3 is 15.1 Å². The maximum Gasteiger partial charge on any atom is 0.139 e. The summed E-state index contributed by atoms with van der Waals surface area (Å²) in [5.74, 6) is 0.896. The van der Waals surface area contributed by atoms with Crippen LogP contribution < -0.4 is 5.32 Å². The van der Waals surface area contributed by atoms with Crippen molar-refractivity contribution in [2.24, 2.45) is 0 Å². The van der Waals surface area contributed by atoms with Gasteiger partial charge in [-0.1, -0.05) is 0 Å². The van der Waals surface area contributed by atoms with Crippen LogP contribution in [0.25, 0.3) is 11.0 Å². The van der Waals surface area contributed by atoms with Gasteiger partial charge in [-0.2, -0.15) is 0 Å². The van der Waals surface area contributed by atoms with Gasteiger partial charge in [-0.25, -0.2) is 4.98 Å². The van der Waals surface area contributed by atoms with Gasteiger partial charge in [0.2, 0.25) is 0 Å². The number of hydrogen-bond donors (Lipinski definition) is 2. The molecule has 0 saturated carbocycles. The van der Waals surface area contributed by atoms with Crippen LogP contribution in [-0.2, 0) is 4.79 Å². The quantitative estimate of drug-likeness (QED) is 0.719. The molecule has 2 N–H and O–H groups in total. The standard InChI is InChI=1S/C10H11N3O/c1-7-12-9-3-2-8(11-4-5-14)6-10(9)13-7/h2-3,5-6,11H,4H2,1H3,(H,12,13). The Bertz CT molecular complexity index is 461. The van der Waals surface area contributed by atoms with E-state index >= 15 is 0 Å². The Balaban J connectivity index is 2.35. The highest BCUT2D eigenvalue weighted by Gasteiger charge is 1.99. The van der Waals surface area contributed by atoms with Crippen molar-refractivity contribution in [1.29, 1.82) is 0 Å². The molecule has 1 heterocycles. The molecule has 0 atom stereocenters. The Morgan fingerprint density at radius 3 is 3.21 bits per heavy atom. The molecule has 0 unspecified atom stereocenters. The lowest BCUT2D eigenvalue weighted by Gasteiger charge is -2.00. The molecule has 1 aromatic carbocycles. The Hall–Kier alpha value is -1.84. The van der Waals surface area contributed by atoms with Crippen LogP contribution >= 0.6 is 0 Å². The van der Waals surface area contributed by atoms with Gasteiger partial charge in [0.05, 0.1) is 17.6 Å². The molecule has 4 nitrogen and oxygen atoms in total. The summed E-state index contributed by atoms with van der Waals surface area (Å²) in [6.07, 6.45) is 0.836. The lowest BCUT2D eigenvalue weighted by molar-refractivity contribution is -0.106. The van der Waals surface area contributed by atoms with Crippen molar-refractivity contribution in [1.82, 2.24) is 9.97 Å². The molecular formula is C10H11N3O. The first kappa shape index (κ1) is 8.74. The molecule has 0 bridgehead atoms. The molecule has 0 radical (unpaired) electrons. The fourth-order valence-electron chi connectivity index (χ4n) is 1.41. The lowest BCUT2D eigenvalue weighted by Crippen LogP contribution is -2.01. The number of aryl methyl sites for hydroxylation is 1. The van der Waals surface area contributed by atoms with Crippen molar-refractivity contribution in [3.8, 4) is 0 Å². The number of H-pyrrole nitrogens is 1. The van der Waals surface area contributed by atoms with Crippen LogP contribution in [0.2, 0.25) is 0 Å². The molecule has 72 valence electrons. The number of nitrogens with one attached hydrogen (secondary N) is 2. The van der Waals surface area contributed by atoms with Crippen LogP contribution in [0.15, 0.2) is 18.2 Å². The number of fused-ring (bicyclic) bond motifs is 1. The first-order chi connectivity index (χ1) is 6.79. The van der Waals surface area contributed by atoms with Gasteiger partial charge in [0.1, 0.15) is 12.1 Å². The first-order valence-electron chi connectivity index (χ1n) is 4.43. The number of carbonyl (C=O) groups is 1. The molecule has 0 spiro atoms. The Labute approximate surface area is 81.3 Å². The number of rotatable bonds is 3. The maximum absolute atomic E-state index is 10.2. The lowest BCUT2D eigenvalue weighted by atomic mass is 10.3. The average Bonchev–Trinajstić information content (AvgIpc) is 2.54. The van der Waals surface area contributed by atoms with Crippen LogP contribution in [-0.4, -0.2) is 22.8 Å². The van der Waals surface area contributed by atoms with E-state index in [9.17, 15) is 4.79 Å². The molecule has 0 saturated heterocycles. The van der Waals surface area contributed by atoms with E-state index in [1.807, 2.05) is 25.1 Å². The van der Waals surface area contributed by atoms with Crippen molar-refractivity contribution in [3.05, 3.63) is 24.0 Å². The topological polar surface area (TPSA) is 57.8 Å². The molecule has 4 heteroatoms. The molecule has 14 heavy (non-hydrogen) atoms. The van der Waals surface area contributed by atoms with Crippen molar-refractivity contribution in [2.45, 2.75) is 6.92 Å². The smallest absolute Gasteiger partial charge is 0.139 e. The first-order valence-corrected chi connectivity index (χ1v) is 4.43. The maximum atomic E-state index is 10.2. The molecule has 0 aliphatic rings. The molecule has 2 rings (SSSR count). The number of aromatic amines is 1. The summed E-state index contributed by atoms with van der Waals surface area (Å²) >= 11 is 0. The third-order valence-corrected chi connectivity index (χ3v) is 1.99. The van der Waals surface area contributed by atoms with E-state index in [2.05, 4.69) is 15.3 Å². The second-order valence-corrected chi connectivity index (χ2v) is 3.10. The summed E-state index contributed by atoms with van der Waals surface area (Å²) in [5.41, 5.74) is 2.85. The number of carbonyl (C=O) groups excluding carboxylic acids is 1.